The Hall–Kier alpha value is -2.42. The van der Waals surface area contributed by atoms with Gasteiger partial charge in [0.2, 0.25) is 0 Å². The molecule has 0 aliphatic heterocycles. The molecule has 0 fully saturated rings. The van der Waals surface area contributed by atoms with Gasteiger partial charge >= 0.3 is 0 Å². The van der Waals surface area contributed by atoms with Crippen molar-refractivity contribution in [1.82, 2.24) is 14.8 Å². The van der Waals surface area contributed by atoms with Gasteiger partial charge in [0.05, 0.1) is 6.54 Å². The molecule has 18 heavy (non-hydrogen) atoms. The van der Waals surface area contributed by atoms with Crippen LogP contribution in [0.25, 0.3) is 11.4 Å². The van der Waals surface area contributed by atoms with E-state index >= 15 is 0 Å². The van der Waals surface area contributed by atoms with Crippen LogP contribution in [0.4, 0.5) is 0 Å². The average Bonchev–Trinajstić information content (AvgIpc) is 2.89. The molecule has 1 aromatic heterocycles. The summed E-state index contributed by atoms with van der Waals surface area (Å²) in [6, 6.07) is 20.3. The largest absolute Gasteiger partial charge is 0.248 e. The summed E-state index contributed by atoms with van der Waals surface area (Å²) < 4.78 is 1.86. The van der Waals surface area contributed by atoms with Crippen molar-refractivity contribution >= 4 is 0 Å². The molecule has 88 valence electrons. The Labute approximate surface area is 106 Å². The fourth-order valence-corrected chi connectivity index (χ4v) is 1.86. The van der Waals surface area contributed by atoms with Crippen molar-refractivity contribution in [2.75, 3.05) is 0 Å². The van der Waals surface area contributed by atoms with E-state index in [0.29, 0.717) is 0 Å². The summed E-state index contributed by atoms with van der Waals surface area (Å²) in [7, 11) is 0. The Bertz CT molecular complexity index is 615. The Morgan fingerprint density at radius 3 is 2.22 bits per heavy atom. The van der Waals surface area contributed by atoms with E-state index in [1.54, 1.807) is 6.33 Å². The maximum absolute atomic E-state index is 4.48. The molecular weight excluding hydrogens is 222 g/mol. The van der Waals surface area contributed by atoms with Crippen LogP contribution >= 0.6 is 0 Å². The van der Waals surface area contributed by atoms with Gasteiger partial charge < -0.3 is 0 Å². The first-order valence-corrected chi connectivity index (χ1v) is 5.90. The van der Waals surface area contributed by atoms with Crippen molar-refractivity contribution in [3.05, 3.63) is 72.6 Å². The topological polar surface area (TPSA) is 30.7 Å². The number of hydrogen-bond donors (Lipinski definition) is 0. The Balaban J connectivity index is 1.82. The van der Waals surface area contributed by atoms with Gasteiger partial charge in [0.15, 0.2) is 5.82 Å². The molecule has 1 heterocycles. The van der Waals surface area contributed by atoms with Crippen LogP contribution in [-0.2, 0) is 6.54 Å². The highest BCUT2D eigenvalue weighted by atomic mass is 15.3. The van der Waals surface area contributed by atoms with Gasteiger partial charge in [-0.2, -0.15) is 5.10 Å². The highest BCUT2D eigenvalue weighted by molar-refractivity contribution is 5.53. The SMILES string of the molecule is c1ccc(Cn2cnc(-c3ccccc3)n2)cc1. The fraction of sp³-hybridized carbons (Fsp3) is 0.0667. The lowest BCUT2D eigenvalue weighted by molar-refractivity contribution is 0.687. The second kappa shape index (κ2) is 4.84. The molecule has 0 saturated heterocycles. The molecule has 0 bridgehead atoms. The van der Waals surface area contributed by atoms with Gasteiger partial charge in [-0.25, -0.2) is 9.67 Å². The summed E-state index contributed by atoms with van der Waals surface area (Å²) in [6.07, 6.45) is 1.77. The molecule has 3 heteroatoms. The smallest absolute Gasteiger partial charge is 0.181 e. The average molecular weight is 235 g/mol. The van der Waals surface area contributed by atoms with Crippen molar-refractivity contribution in [2.24, 2.45) is 0 Å². The van der Waals surface area contributed by atoms with Crippen molar-refractivity contribution in [2.45, 2.75) is 6.54 Å². The Kier molecular flexibility index (Phi) is 2.88. The molecule has 0 saturated carbocycles. The monoisotopic (exact) mass is 235 g/mol. The summed E-state index contributed by atoms with van der Waals surface area (Å²) in [4.78, 5) is 4.33. The zero-order valence-corrected chi connectivity index (χ0v) is 9.90. The fourth-order valence-electron chi connectivity index (χ4n) is 1.86. The lowest BCUT2D eigenvalue weighted by atomic mass is 10.2. The first-order chi connectivity index (χ1) is 8.92. The number of benzene rings is 2. The van der Waals surface area contributed by atoms with Crippen LogP contribution in [0.1, 0.15) is 5.56 Å². The number of rotatable bonds is 3. The standard InChI is InChI=1S/C15H13N3/c1-3-7-13(8-4-1)11-18-12-16-15(17-18)14-9-5-2-6-10-14/h1-10,12H,11H2. The second-order valence-electron chi connectivity index (χ2n) is 4.12. The molecule has 3 nitrogen and oxygen atoms in total. The van der Waals surface area contributed by atoms with Crippen LogP contribution in [0.2, 0.25) is 0 Å². The normalized spacial score (nSPS) is 10.4. The van der Waals surface area contributed by atoms with Gasteiger partial charge in [-0.15, -0.1) is 0 Å². The third kappa shape index (κ3) is 2.30. The minimum absolute atomic E-state index is 0.751. The lowest BCUT2D eigenvalue weighted by Crippen LogP contribution is -1.99. The van der Waals surface area contributed by atoms with Crippen LogP contribution in [-0.4, -0.2) is 14.8 Å². The summed E-state index contributed by atoms with van der Waals surface area (Å²) in [5, 5.41) is 4.48. The van der Waals surface area contributed by atoms with E-state index in [2.05, 4.69) is 22.2 Å². The molecule has 3 aromatic rings. The van der Waals surface area contributed by atoms with E-state index in [9.17, 15) is 0 Å². The molecular formula is C15H13N3. The van der Waals surface area contributed by atoms with Crippen LogP contribution in [0, 0.1) is 0 Å². The van der Waals surface area contributed by atoms with Crippen molar-refractivity contribution in [1.29, 1.82) is 0 Å². The van der Waals surface area contributed by atoms with Gasteiger partial charge in [-0.05, 0) is 5.56 Å². The minimum atomic E-state index is 0.751. The molecule has 0 unspecified atom stereocenters. The van der Waals surface area contributed by atoms with E-state index in [-0.39, 0.29) is 0 Å². The third-order valence-corrected chi connectivity index (χ3v) is 2.76. The molecule has 0 spiro atoms. The van der Waals surface area contributed by atoms with Crippen LogP contribution in [0.3, 0.4) is 0 Å². The Morgan fingerprint density at radius 2 is 1.50 bits per heavy atom. The summed E-state index contributed by atoms with van der Waals surface area (Å²) in [6.45, 7) is 0.751. The number of hydrogen-bond acceptors (Lipinski definition) is 2. The third-order valence-electron chi connectivity index (χ3n) is 2.76. The van der Waals surface area contributed by atoms with E-state index in [4.69, 9.17) is 0 Å². The Morgan fingerprint density at radius 1 is 0.833 bits per heavy atom. The van der Waals surface area contributed by atoms with E-state index in [1.807, 2.05) is 53.2 Å². The van der Waals surface area contributed by atoms with Gasteiger partial charge in [0.1, 0.15) is 6.33 Å². The second-order valence-corrected chi connectivity index (χ2v) is 4.12. The molecule has 0 N–H and O–H groups in total. The highest BCUT2D eigenvalue weighted by Gasteiger charge is 2.03. The molecule has 0 aliphatic rings. The molecule has 0 atom stereocenters. The van der Waals surface area contributed by atoms with Crippen LogP contribution < -0.4 is 0 Å². The number of nitrogens with zero attached hydrogens (tertiary/aromatic N) is 3. The van der Waals surface area contributed by atoms with Crippen LogP contribution in [0.15, 0.2) is 67.0 Å². The first kappa shape index (κ1) is 10.7. The summed E-state index contributed by atoms with van der Waals surface area (Å²) in [5.74, 6) is 0.770. The molecule has 3 rings (SSSR count). The zero-order valence-electron chi connectivity index (χ0n) is 9.90. The highest BCUT2D eigenvalue weighted by Crippen LogP contribution is 2.13. The van der Waals surface area contributed by atoms with E-state index < -0.39 is 0 Å². The van der Waals surface area contributed by atoms with Crippen LogP contribution in [0.5, 0.6) is 0 Å². The van der Waals surface area contributed by atoms with E-state index in [0.717, 1.165) is 17.9 Å². The van der Waals surface area contributed by atoms with Crippen molar-refractivity contribution < 1.29 is 0 Å². The predicted molar refractivity (Wildman–Crippen MR) is 71.0 cm³/mol. The zero-order chi connectivity index (χ0) is 12.2. The summed E-state index contributed by atoms with van der Waals surface area (Å²) >= 11 is 0. The lowest BCUT2D eigenvalue weighted by Gasteiger charge is -2.00. The minimum Gasteiger partial charge on any atom is -0.248 e. The van der Waals surface area contributed by atoms with Gasteiger partial charge in [0, 0.05) is 5.56 Å². The maximum Gasteiger partial charge on any atom is 0.181 e. The molecule has 2 aromatic carbocycles. The molecule has 0 aliphatic carbocycles. The van der Waals surface area contributed by atoms with Gasteiger partial charge in [-0.3, -0.25) is 0 Å². The quantitative estimate of drug-likeness (QED) is 0.698. The van der Waals surface area contributed by atoms with Gasteiger partial charge in [0.25, 0.3) is 0 Å². The first-order valence-electron chi connectivity index (χ1n) is 5.90. The van der Waals surface area contributed by atoms with E-state index in [1.165, 1.54) is 5.56 Å². The maximum atomic E-state index is 4.48. The molecule has 0 amide bonds. The van der Waals surface area contributed by atoms with Gasteiger partial charge in [-0.1, -0.05) is 60.7 Å². The van der Waals surface area contributed by atoms with Crippen molar-refractivity contribution in [3.8, 4) is 11.4 Å². The summed E-state index contributed by atoms with van der Waals surface area (Å²) in [5.41, 5.74) is 2.27. The predicted octanol–water partition coefficient (Wildman–Crippen LogP) is 2.99. The molecule has 0 radical (unpaired) electrons. The number of aromatic nitrogens is 3. The van der Waals surface area contributed by atoms with Crippen molar-refractivity contribution in [3.63, 3.8) is 0 Å².